The molecule has 6 heteroatoms. The molecule has 1 N–H and O–H groups in total. The number of rotatable bonds is 6. The number of fused-ring (bicyclic) bond motifs is 1. The number of carboxylic acids is 1. The lowest BCUT2D eigenvalue weighted by molar-refractivity contribution is -0.136. The van der Waals surface area contributed by atoms with Gasteiger partial charge in [0.1, 0.15) is 5.75 Å². The third kappa shape index (κ3) is 3.45. The zero-order valence-corrected chi connectivity index (χ0v) is 12.3. The largest absolute Gasteiger partial charge is 0.481 e. The number of anilines is 2. The number of nitrogens with zero attached hydrogens (tertiary/aromatic N) is 2. The summed E-state index contributed by atoms with van der Waals surface area (Å²) < 4.78 is 5.47. The van der Waals surface area contributed by atoms with Crippen molar-refractivity contribution in [2.75, 3.05) is 36.5 Å². The van der Waals surface area contributed by atoms with E-state index in [9.17, 15) is 9.59 Å². The van der Waals surface area contributed by atoms with Gasteiger partial charge in [-0.2, -0.15) is 0 Å². The fourth-order valence-electron chi connectivity index (χ4n) is 2.33. The van der Waals surface area contributed by atoms with Crippen molar-refractivity contribution in [1.82, 2.24) is 0 Å². The number of carbonyl (C=O) groups excluding carboxylic acids is 1. The first kappa shape index (κ1) is 15.2. The molecule has 1 heterocycles. The van der Waals surface area contributed by atoms with Crippen LogP contribution in [0.4, 0.5) is 11.4 Å². The number of amides is 1. The summed E-state index contributed by atoms with van der Waals surface area (Å²) in [4.78, 5) is 25.9. The van der Waals surface area contributed by atoms with Crippen LogP contribution in [0, 0.1) is 0 Å². The van der Waals surface area contributed by atoms with Crippen molar-refractivity contribution in [1.29, 1.82) is 0 Å². The van der Waals surface area contributed by atoms with Gasteiger partial charge in [0.2, 0.25) is 0 Å². The molecule has 0 radical (unpaired) electrons. The summed E-state index contributed by atoms with van der Waals surface area (Å²) in [6.45, 7) is 3.32. The van der Waals surface area contributed by atoms with Gasteiger partial charge in [0, 0.05) is 31.9 Å². The van der Waals surface area contributed by atoms with Crippen LogP contribution in [-0.2, 0) is 9.59 Å². The summed E-state index contributed by atoms with van der Waals surface area (Å²) in [6, 6.07) is 5.61. The van der Waals surface area contributed by atoms with Gasteiger partial charge in [-0.15, -0.1) is 0 Å². The Morgan fingerprint density at radius 2 is 2.19 bits per heavy atom. The predicted octanol–water partition coefficient (Wildman–Crippen LogP) is 1.73. The molecule has 2 rings (SSSR count). The van der Waals surface area contributed by atoms with Crippen LogP contribution in [0.3, 0.4) is 0 Å². The molecule has 1 aromatic carbocycles. The quantitative estimate of drug-likeness (QED) is 0.864. The third-order valence-electron chi connectivity index (χ3n) is 3.48. The van der Waals surface area contributed by atoms with E-state index >= 15 is 0 Å². The fourth-order valence-corrected chi connectivity index (χ4v) is 2.33. The number of carboxylic acid groups (broad SMARTS) is 1. The van der Waals surface area contributed by atoms with Gasteiger partial charge >= 0.3 is 5.97 Å². The summed E-state index contributed by atoms with van der Waals surface area (Å²) in [7, 11) is 1.72. The zero-order chi connectivity index (χ0) is 15.4. The van der Waals surface area contributed by atoms with Crippen LogP contribution in [0.5, 0.6) is 5.75 Å². The highest BCUT2D eigenvalue weighted by Crippen LogP contribution is 2.34. The Balaban J connectivity index is 2.22. The van der Waals surface area contributed by atoms with E-state index in [-0.39, 0.29) is 18.9 Å². The number of likely N-dealkylation sites (N-methyl/N-ethyl adjacent to an activating group) is 1. The lowest BCUT2D eigenvalue weighted by atomic mass is 10.2. The molecule has 0 bridgehead atoms. The molecule has 0 saturated heterocycles. The Morgan fingerprint density at radius 3 is 2.86 bits per heavy atom. The minimum Gasteiger partial charge on any atom is -0.481 e. The smallest absolute Gasteiger partial charge is 0.305 e. The molecule has 0 atom stereocenters. The van der Waals surface area contributed by atoms with Crippen molar-refractivity contribution >= 4 is 23.3 Å². The Morgan fingerprint density at radius 1 is 1.43 bits per heavy atom. The van der Waals surface area contributed by atoms with Crippen LogP contribution < -0.4 is 14.5 Å². The van der Waals surface area contributed by atoms with Crippen molar-refractivity contribution in [3.63, 3.8) is 0 Å². The molecule has 1 amide bonds. The molecule has 1 aliphatic rings. The van der Waals surface area contributed by atoms with Gasteiger partial charge in [0.05, 0.1) is 12.1 Å². The maximum atomic E-state index is 11.6. The average Bonchev–Trinajstić information content (AvgIpc) is 2.47. The van der Waals surface area contributed by atoms with E-state index in [0.29, 0.717) is 12.3 Å². The highest BCUT2D eigenvalue weighted by Gasteiger charge is 2.23. The van der Waals surface area contributed by atoms with E-state index < -0.39 is 5.97 Å². The van der Waals surface area contributed by atoms with E-state index in [1.807, 2.05) is 23.1 Å². The lowest BCUT2D eigenvalue weighted by Crippen LogP contribution is -2.35. The third-order valence-corrected chi connectivity index (χ3v) is 3.48. The van der Waals surface area contributed by atoms with Crippen molar-refractivity contribution in [3.8, 4) is 5.75 Å². The molecular formula is C15H20N2O4. The van der Waals surface area contributed by atoms with Gasteiger partial charge in [0.25, 0.3) is 5.91 Å². The lowest BCUT2D eigenvalue weighted by Gasteiger charge is -2.29. The van der Waals surface area contributed by atoms with Crippen LogP contribution in [0.25, 0.3) is 0 Å². The van der Waals surface area contributed by atoms with E-state index in [1.165, 1.54) is 0 Å². The minimum atomic E-state index is -0.810. The molecule has 21 heavy (non-hydrogen) atoms. The molecule has 0 saturated carbocycles. The molecule has 1 aromatic rings. The van der Waals surface area contributed by atoms with Crippen LogP contribution in [0.2, 0.25) is 0 Å². The van der Waals surface area contributed by atoms with Crippen LogP contribution in [-0.4, -0.2) is 43.7 Å². The summed E-state index contributed by atoms with van der Waals surface area (Å²) >= 11 is 0. The maximum absolute atomic E-state index is 11.6. The summed E-state index contributed by atoms with van der Waals surface area (Å²) in [5, 5.41) is 8.84. The van der Waals surface area contributed by atoms with E-state index in [1.54, 1.807) is 11.9 Å². The van der Waals surface area contributed by atoms with E-state index in [4.69, 9.17) is 9.84 Å². The van der Waals surface area contributed by atoms with Crippen LogP contribution in [0.15, 0.2) is 18.2 Å². The molecule has 0 aromatic heterocycles. The molecule has 0 spiro atoms. The standard InChI is InChI=1S/C15H20N2O4/c1-3-7-17(8-6-15(19)20)11-4-5-12-13(9-11)21-10-14(18)16(12)2/h4-5,9H,3,6-8,10H2,1-2H3,(H,19,20). The minimum absolute atomic E-state index is 0.0376. The molecule has 6 nitrogen and oxygen atoms in total. The fraction of sp³-hybridized carbons (Fsp3) is 0.467. The molecule has 0 unspecified atom stereocenters. The zero-order valence-electron chi connectivity index (χ0n) is 12.3. The first-order valence-corrected chi connectivity index (χ1v) is 7.03. The van der Waals surface area contributed by atoms with Crippen LogP contribution in [0.1, 0.15) is 19.8 Å². The molecule has 0 fully saturated rings. The number of hydrogen-bond acceptors (Lipinski definition) is 4. The van der Waals surface area contributed by atoms with Crippen molar-refractivity contribution in [3.05, 3.63) is 18.2 Å². The monoisotopic (exact) mass is 292 g/mol. The van der Waals surface area contributed by atoms with Gasteiger partial charge in [-0.25, -0.2) is 0 Å². The first-order valence-electron chi connectivity index (χ1n) is 7.03. The second kappa shape index (κ2) is 6.47. The Bertz CT molecular complexity index is 544. The van der Waals surface area contributed by atoms with Crippen molar-refractivity contribution in [2.24, 2.45) is 0 Å². The Kier molecular flexibility index (Phi) is 4.67. The van der Waals surface area contributed by atoms with Gasteiger partial charge in [-0.3, -0.25) is 9.59 Å². The van der Waals surface area contributed by atoms with Crippen LogP contribution >= 0.6 is 0 Å². The number of aliphatic carboxylic acids is 1. The van der Waals surface area contributed by atoms with Crippen molar-refractivity contribution < 1.29 is 19.4 Å². The van der Waals surface area contributed by atoms with Gasteiger partial charge in [-0.05, 0) is 18.6 Å². The Hall–Kier alpha value is -2.24. The van der Waals surface area contributed by atoms with Crippen molar-refractivity contribution in [2.45, 2.75) is 19.8 Å². The molecule has 0 aliphatic carbocycles. The number of carbonyl (C=O) groups is 2. The van der Waals surface area contributed by atoms with Gasteiger partial charge in [0.15, 0.2) is 6.61 Å². The average molecular weight is 292 g/mol. The highest BCUT2D eigenvalue weighted by atomic mass is 16.5. The number of benzene rings is 1. The summed E-state index contributed by atoms with van der Waals surface area (Å²) in [5.41, 5.74) is 1.66. The number of ether oxygens (including phenoxy) is 1. The SMILES string of the molecule is CCCN(CCC(=O)O)c1ccc2c(c1)OCC(=O)N2C. The van der Waals surface area contributed by atoms with E-state index in [0.717, 1.165) is 24.3 Å². The van der Waals surface area contributed by atoms with E-state index in [2.05, 4.69) is 6.92 Å². The first-order chi connectivity index (χ1) is 10.0. The second-order valence-electron chi connectivity index (χ2n) is 5.02. The molecular weight excluding hydrogens is 272 g/mol. The summed E-state index contributed by atoms with van der Waals surface area (Å²) in [6.07, 6.45) is 1.02. The highest BCUT2D eigenvalue weighted by molar-refractivity contribution is 5.97. The maximum Gasteiger partial charge on any atom is 0.305 e. The van der Waals surface area contributed by atoms with Gasteiger partial charge in [-0.1, -0.05) is 6.92 Å². The topological polar surface area (TPSA) is 70.1 Å². The predicted molar refractivity (Wildman–Crippen MR) is 80.1 cm³/mol. The number of hydrogen-bond donors (Lipinski definition) is 1. The van der Waals surface area contributed by atoms with Gasteiger partial charge < -0.3 is 19.6 Å². The molecule has 114 valence electrons. The normalized spacial score (nSPS) is 13.6. The summed E-state index contributed by atoms with van der Waals surface area (Å²) in [5.74, 6) is -0.229. The molecule has 1 aliphatic heterocycles. The second-order valence-corrected chi connectivity index (χ2v) is 5.02. The Labute approximate surface area is 123 Å².